The summed E-state index contributed by atoms with van der Waals surface area (Å²) in [5.41, 5.74) is 3.61. The van der Waals surface area contributed by atoms with E-state index < -0.39 is 16.1 Å². The third-order valence-electron chi connectivity index (χ3n) is 5.75. The first-order valence-corrected chi connectivity index (χ1v) is 12.9. The predicted octanol–water partition coefficient (Wildman–Crippen LogP) is 5.09. The molecule has 0 spiro atoms. The van der Waals surface area contributed by atoms with Crippen molar-refractivity contribution in [3.05, 3.63) is 138 Å². The second-order valence-corrected chi connectivity index (χ2v) is 10.3. The second-order valence-electron chi connectivity index (χ2n) is 8.39. The highest BCUT2D eigenvalue weighted by Gasteiger charge is 2.28. The molecule has 1 N–H and O–H groups in total. The van der Waals surface area contributed by atoms with Gasteiger partial charge in [-0.2, -0.15) is 4.31 Å². The fourth-order valence-electron chi connectivity index (χ4n) is 3.89. The maximum Gasteiger partial charge on any atom is 0.243 e. The Morgan fingerprint density at radius 3 is 1.74 bits per heavy atom. The third kappa shape index (κ3) is 6.23. The molecule has 0 aliphatic rings. The summed E-state index contributed by atoms with van der Waals surface area (Å²) in [5, 5.41) is 3.05. The summed E-state index contributed by atoms with van der Waals surface area (Å²) in [6.45, 7) is 1.69. The summed E-state index contributed by atoms with van der Waals surface area (Å²) in [4.78, 5) is 13.5. The molecule has 0 aliphatic heterocycles. The van der Waals surface area contributed by atoms with E-state index in [4.69, 9.17) is 0 Å². The van der Waals surface area contributed by atoms with Crippen molar-refractivity contribution >= 4 is 15.9 Å². The molecule has 5 nitrogen and oxygen atoms in total. The third-order valence-corrected chi connectivity index (χ3v) is 7.56. The van der Waals surface area contributed by atoms with Crippen molar-refractivity contribution in [3.63, 3.8) is 0 Å². The molecule has 0 saturated carbocycles. The van der Waals surface area contributed by atoms with Crippen molar-refractivity contribution in [1.82, 2.24) is 9.62 Å². The molecule has 4 aromatic rings. The average Bonchev–Trinajstić information content (AvgIpc) is 2.89. The van der Waals surface area contributed by atoms with E-state index >= 15 is 0 Å². The van der Waals surface area contributed by atoms with Crippen molar-refractivity contribution in [2.75, 3.05) is 6.54 Å². The van der Waals surface area contributed by atoms with Gasteiger partial charge in [0.15, 0.2) is 0 Å². The van der Waals surface area contributed by atoms with E-state index in [0.717, 1.165) is 22.3 Å². The highest BCUT2D eigenvalue weighted by molar-refractivity contribution is 7.89. The second kappa shape index (κ2) is 11.1. The lowest BCUT2D eigenvalue weighted by molar-refractivity contribution is -0.121. The number of amides is 1. The Balaban J connectivity index is 1.62. The molecule has 0 unspecified atom stereocenters. The van der Waals surface area contributed by atoms with E-state index in [1.165, 1.54) is 4.31 Å². The average molecular weight is 485 g/mol. The Hall–Kier alpha value is -3.74. The van der Waals surface area contributed by atoms with Gasteiger partial charge in [-0.1, -0.05) is 109 Å². The van der Waals surface area contributed by atoms with Crippen LogP contribution in [-0.4, -0.2) is 25.2 Å². The number of hydrogen-bond acceptors (Lipinski definition) is 3. The standard InChI is InChI=1S/C29H28N2O3S/c1-23-17-19-27(20-18-23)35(33,34)31(21-24-11-5-2-6-12-24)22-28(32)30-29(25-13-7-3-8-14-25)26-15-9-4-10-16-26/h2-20,29H,21-22H2,1H3,(H,30,32). The van der Waals surface area contributed by atoms with Gasteiger partial charge in [0.05, 0.1) is 17.5 Å². The van der Waals surface area contributed by atoms with E-state index in [1.807, 2.05) is 97.9 Å². The normalized spacial score (nSPS) is 11.5. The van der Waals surface area contributed by atoms with Gasteiger partial charge in [-0.15, -0.1) is 0 Å². The van der Waals surface area contributed by atoms with Crippen LogP contribution >= 0.6 is 0 Å². The number of nitrogens with one attached hydrogen (secondary N) is 1. The quantitative estimate of drug-likeness (QED) is 0.360. The molecule has 178 valence electrons. The summed E-state index contributed by atoms with van der Waals surface area (Å²) >= 11 is 0. The highest BCUT2D eigenvalue weighted by atomic mass is 32.2. The van der Waals surface area contributed by atoms with Gasteiger partial charge in [-0.3, -0.25) is 4.79 Å². The molecule has 0 aliphatic carbocycles. The number of hydrogen-bond donors (Lipinski definition) is 1. The summed E-state index contributed by atoms with van der Waals surface area (Å²) in [5.74, 6) is -0.380. The molecule has 4 aromatic carbocycles. The zero-order chi connectivity index (χ0) is 24.7. The largest absolute Gasteiger partial charge is 0.344 e. The monoisotopic (exact) mass is 484 g/mol. The minimum atomic E-state index is -3.90. The van der Waals surface area contributed by atoms with Gasteiger partial charge in [0, 0.05) is 6.54 Å². The van der Waals surface area contributed by atoms with Gasteiger partial charge >= 0.3 is 0 Å². The van der Waals surface area contributed by atoms with Gasteiger partial charge in [0.2, 0.25) is 15.9 Å². The summed E-state index contributed by atoms with van der Waals surface area (Å²) < 4.78 is 28.3. The predicted molar refractivity (Wildman–Crippen MR) is 138 cm³/mol. The molecule has 0 fully saturated rings. The Bertz CT molecular complexity index is 1300. The van der Waals surface area contributed by atoms with Crippen LogP contribution < -0.4 is 5.32 Å². The molecule has 1 amide bonds. The fraction of sp³-hybridized carbons (Fsp3) is 0.138. The smallest absolute Gasteiger partial charge is 0.243 e. The number of sulfonamides is 1. The zero-order valence-electron chi connectivity index (χ0n) is 19.5. The van der Waals surface area contributed by atoms with E-state index in [-0.39, 0.29) is 23.9 Å². The Labute approximate surface area is 207 Å². The number of aryl methyl sites for hydroxylation is 1. The van der Waals surface area contributed by atoms with E-state index in [2.05, 4.69) is 5.32 Å². The molecule has 6 heteroatoms. The van der Waals surface area contributed by atoms with Crippen molar-refractivity contribution in [1.29, 1.82) is 0 Å². The SMILES string of the molecule is Cc1ccc(S(=O)(=O)N(CC(=O)NC(c2ccccc2)c2ccccc2)Cc2ccccc2)cc1. The summed E-state index contributed by atoms with van der Waals surface area (Å²) in [6.07, 6.45) is 0. The number of benzene rings is 4. The van der Waals surface area contributed by atoms with Crippen LogP contribution in [0.2, 0.25) is 0 Å². The maximum atomic E-state index is 13.6. The Kier molecular flexibility index (Phi) is 7.75. The molecule has 0 aromatic heterocycles. The van der Waals surface area contributed by atoms with Crippen LogP contribution in [0.15, 0.2) is 120 Å². The lowest BCUT2D eigenvalue weighted by Gasteiger charge is -2.25. The van der Waals surface area contributed by atoms with E-state index in [1.54, 1.807) is 24.3 Å². The van der Waals surface area contributed by atoms with Gasteiger partial charge in [-0.25, -0.2) is 8.42 Å². The molecular formula is C29H28N2O3S. The minimum Gasteiger partial charge on any atom is -0.344 e. The number of carbonyl (C=O) groups excluding carboxylic acids is 1. The van der Waals surface area contributed by atoms with Crippen molar-refractivity contribution in [3.8, 4) is 0 Å². The van der Waals surface area contributed by atoms with Crippen molar-refractivity contribution < 1.29 is 13.2 Å². The van der Waals surface area contributed by atoms with Crippen molar-refractivity contribution in [2.45, 2.75) is 24.4 Å². The van der Waals surface area contributed by atoms with Crippen LogP contribution in [0.5, 0.6) is 0 Å². The van der Waals surface area contributed by atoms with Crippen LogP contribution in [0.3, 0.4) is 0 Å². The zero-order valence-corrected chi connectivity index (χ0v) is 20.4. The minimum absolute atomic E-state index is 0.0891. The van der Waals surface area contributed by atoms with Gasteiger partial charge in [0.1, 0.15) is 0 Å². The molecule has 35 heavy (non-hydrogen) atoms. The number of rotatable bonds is 9. The Morgan fingerprint density at radius 1 is 0.743 bits per heavy atom. The number of carbonyl (C=O) groups is 1. The molecular weight excluding hydrogens is 456 g/mol. The maximum absolute atomic E-state index is 13.6. The lowest BCUT2D eigenvalue weighted by Crippen LogP contribution is -2.41. The van der Waals surface area contributed by atoms with Crippen molar-refractivity contribution in [2.24, 2.45) is 0 Å². The lowest BCUT2D eigenvalue weighted by atomic mass is 9.99. The van der Waals surface area contributed by atoms with E-state index in [9.17, 15) is 13.2 Å². The van der Waals surface area contributed by atoms with Gasteiger partial charge < -0.3 is 5.32 Å². The van der Waals surface area contributed by atoms with E-state index in [0.29, 0.717) is 0 Å². The molecule has 0 atom stereocenters. The Morgan fingerprint density at radius 2 is 1.23 bits per heavy atom. The molecule has 0 radical (unpaired) electrons. The van der Waals surface area contributed by atoms with Crippen LogP contribution in [-0.2, 0) is 21.4 Å². The summed E-state index contributed by atoms with van der Waals surface area (Å²) in [7, 11) is -3.90. The van der Waals surface area contributed by atoms with Gasteiger partial charge in [-0.05, 0) is 35.7 Å². The topological polar surface area (TPSA) is 66.5 Å². The first-order chi connectivity index (χ1) is 16.9. The molecule has 4 rings (SSSR count). The number of nitrogens with zero attached hydrogens (tertiary/aromatic N) is 1. The van der Waals surface area contributed by atoms with Crippen LogP contribution in [0.1, 0.15) is 28.3 Å². The van der Waals surface area contributed by atoms with Crippen LogP contribution in [0.25, 0.3) is 0 Å². The first-order valence-electron chi connectivity index (χ1n) is 11.4. The fourth-order valence-corrected chi connectivity index (χ4v) is 5.27. The summed E-state index contributed by atoms with van der Waals surface area (Å²) in [6, 6.07) is 34.9. The first kappa shape index (κ1) is 24.4. The van der Waals surface area contributed by atoms with Crippen LogP contribution in [0.4, 0.5) is 0 Å². The van der Waals surface area contributed by atoms with Gasteiger partial charge in [0.25, 0.3) is 0 Å². The molecule has 0 saturated heterocycles. The van der Waals surface area contributed by atoms with Crippen LogP contribution in [0, 0.1) is 6.92 Å². The molecule has 0 heterocycles. The molecule has 0 bridgehead atoms. The highest BCUT2D eigenvalue weighted by Crippen LogP contribution is 2.23.